The molecule has 0 aliphatic carbocycles. The highest BCUT2D eigenvalue weighted by Gasteiger charge is 2.24. The molecular formula is C9H12N2O3. The number of hydrogen-bond donors (Lipinski definition) is 2. The molecule has 0 radical (unpaired) electrons. The van der Waals surface area contributed by atoms with Crippen LogP contribution in [0.25, 0.3) is 0 Å². The highest BCUT2D eigenvalue weighted by molar-refractivity contribution is 5.88. The van der Waals surface area contributed by atoms with Crippen molar-refractivity contribution in [3.63, 3.8) is 0 Å². The number of rotatable bonds is 2. The van der Waals surface area contributed by atoms with Gasteiger partial charge in [0.15, 0.2) is 5.76 Å². The Kier molecular flexibility index (Phi) is 2.49. The van der Waals surface area contributed by atoms with Crippen LogP contribution in [0.15, 0.2) is 10.7 Å². The Balaban J connectivity index is 2.21. The van der Waals surface area contributed by atoms with Crippen molar-refractivity contribution in [3.8, 4) is 0 Å². The fourth-order valence-corrected chi connectivity index (χ4v) is 1.74. The van der Waals surface area contributed by atoms with Crippen molar-refractivity contribution >= 4 is 5.97 Å². The maximum absolute atomic E-state index is 10.8. The van der Waals surface area contributed by atoms with Crippen LogP contribution < -0.4 is 5.32 Å². The molecule has 5 heteroatoms. The van der Waals surface area contributed by atoms with Crippen LogP contribution in [0.4, 0.5) is 0 Å². The predicted octanol–water partition coefficient (Wildman–Crippen LogP) is 1.19. The highest BCUT2D eigenvalue weighted by atomic mass is 16.5. The first-order valence-corrected chi connectivity index (χ1v) is 4.70. The van der Waals surface area contributed by atoms with Gasteiger partial charge in [-0.25, -0.2) is 4.79 Å². The average Bonchev–Trinajstić information content (AvgIpc) is 2.67. The van der Waals surface area contributed by atoms with Gasteiger partial charge in [-0.3, -0.25) is 0 Å². The summed E-state index contributed by atoms with van der Waals surface area (Å²) in [5.74, 6) is -0.522. The van der Waals surface area contributed by atoms with Crippen molar-refractivity contribution in [2.75, 3.05) is 6.54 Å². The molecule has 0 amide bonds. The monoisotopic (exact) mass is 196 g/mol. The quantitative estimate of drug-likeness (QED) is 0.743. The van der Waals surface area contributed by atoms with Gasteiger partial charge in [-0.2, -0.15) is 0 Å². The zero-order valence-electron chi connectivity index (χ0n) is 7.69. The van der Waals surface area contributed by atoms with Gasteiger partial charge < -0.3 is 14.9 Å². The molecule has 14 heavy (non-hydrogen) atoms. The van der Waals surface area contributed by atoms with Crippen molar-refractivity contribution in [3.05, 3.63) is 17.5 Å². The summed E-state index contributed by atoms with van der Waals surface area (Å²) in [6.07, 6.45) is 4.40. The van der Waals surface area contributed by atoms with E-state index >= 15 is 0 Å². The van der Waals surface area contributed by atoms with Crippen LogP contribution in [0.1, 0.15) is 41.4 Å². The van der Waals surface area contributed by atoms with Gasteiger partial charge >= 0.3 is 5.97 Å². The van der Waals surface area contributed by atoms with Crippen LogP contribution in [0.2, 0.25) is 0 Å². The Morgan fingerprint density at radius 3 is 3.14 bits per heavy atom. The highest BCUT2D eigenvalue weighted by Crippen LogP contribution is 2.25. The third-order valence-corrected chi connectivity index (χ3v) is 2.46. The Morgan fingerprint density at radius 2 is 2.50 bits per heavy atom. The molecule has 1 aliphatic heterocycles. The first-order valence-electron chi connectivity index (χ1n) is 4.70. The van der Waals surface area contributed by atoms with Crippen LogP contribution >= 0.6 is 0 Å². The summed E-state index contributed by atoms with van der Waals surface area (Å²) in [5, 5.41) is 15.6. The van der Waals surface area contributed by atoms with Gasteiger partial charge in [-0.05, 0) is 19.4 Å². The molecular weight excluding hydrogens is 184 g/mol. The van der Waals surface area contributed by atoms with E-state index in [1.165, 1.54) is 6.20 Å². The third kappa shape index (κ3) is 1.63. The van der Waals surface area contributed by atoms with Crippen molar-refractivity contribution in [2.45, 2.75) is 25.3 Å². The van der Waals surface area contributed by atoms with Crippen molar-refractivity contribution in [2.24, 2.45) is 0 Å². The van der Waals surface area contributed by atoms with Gasteiger partial charge in [0.1, 0.15) is 5.56 Å². The molecule has 1 aliphatic rings. The third-order valence-electron chi connectivity index (χ3n) is 2.46. The van der Waals surface area contributed by atoms with E-state index in [-0.39, 0.29) is 11.6 Å². The summed E-state index contributed by atoms with van der Waals surface area (Å²) in [5.41, 5.74) is 0.171. The molecule has 1 unspecified atom stereocenters. The zero-order valence-corrected chi connectivity index (χ0v) is 7.69. The van der Waals surface area contributed by atoms with E-state index < -0.39 is 5.97 Å². The number of nitrogens with one attached hydrogen (secondary N) is 1. The minimum atomic E-state index is -0.978. The van der Waals surface area contributed by atoms with E-state index in [1.54, 1.807) is 0 Å². The van der Waals surface area contributed by atoms with Crippen LogP contribution in [0.3, 0.4) is 0 Å². The normalized spacial score (nSPS) is 22.1. The molecule has 1 aromatic heterocycles. The summed E-state index contributed by atoms with van der Waals surface area (Å²) in [7, 11) is 0. The number of carboxylic acid groups (broad SMARTS) is 1. The van der Waals surface area contributed by atoms with Gasteiger partial charge in [-0.15, -0.1) is 0 Å². The number of aromatic nitrogens is 1. The number of nitrogens with zero attached hydrogens (tertiary/aromatic N) is 1. The van der Waals surface area contributed by atoms with E-state index in [9.17, 15) is 4.79 Å². The SMILES string of the molecule is O=C(O)c1cnoc1C1CCCCN1. The van der Waals surface area contributed by atoms with E-state index in [2.05, 4.69) is 10.5 Å². The second kappa shape index (κ2) is 3.79. The summed E-state index contributed by atoms with van der Waals surface area (Å²) >= 11 is 0. The Morgan fingerprint density at radius 1 is 1.64 bits per heavy atom. The Bertz CT molecular complexity index is 329. The van der Waals surface area contributed by atoms with Gasteiger partial charge in [0.2, 0.25) is 0 Å². The van der Waals surface area contributed by atoms with E-state index in [0.717, 1.165) is 25.8 Å². The number of piperidine rings is 1. The van der Waals surface area contributed by atoms with Crippen molar-refractivity contribution in [1.82, 2.24) is 10.5 Å². The lowest BCUT2D eigenvalue weighted by molar-refractivity contribution is 0.0692. The van der Waals surface area contributed by atoms with E-state index in [1.807, 2.05) is 0 Å². The number of hydrogen-bond acceptors (Lipinski definition) is 4. The molecule has 2 heterocycles. The molecule has 2 N–H and O–H groups in total. The Hall–Kier alpha value is -1.36. The van der Waals surface area contributed by atoms with Crippen LogP contribution in [0, 0.1) is 0 Å². The second-order valence-electron chi connectivity index (χ2n) is 3.41. The summed E-state index contributed by atoms with van der Waals surface area (Å²) in [6.45, 7) is 0.907. The zero-order chi connectivity index (χ0) is 9.97. The molecule has 0 aromatic carbocycles. The number of aromatic carboxylic acids is 1. The van der Waals surface area contributed by atoms with E-state index in [4.69, 9.17) is 9.63 Å². The molecule has 2 rings (SSSR count). The summed E-state index contributed by atoms with van der Waals surface area (Å²) in [4.78, 5) is 10.8. The molecule has 76 valence electrons. The molecule has 1 atom stereocenters. The molecule has 1 saturated heterocycles. The molecule has 0 spiro atoms. The van der Waals surface area contributed by atoms with Crippen molar-refractivity contribution in [1.29, 1.82) is 0 Å². The lowest BCUT2D eigenvalue weighted by Gasteiger charge is -2.21. The fraction of sp³-hybridized carbons (Fsp3) is 0.556. The molecule has 1 aromatic rings. The standard InChI is InChI=1S/C9H12N2O3/c12-9(13)6-5-11-14-8(6)7-3-1-2-4-10-7/h5,7,10H,1-4H2,(H,12,13). The minimum Gasteiger partial charge on any atom is -0.478 e. The molecule has 1 fully saturated rings. The minimum absolute atomic E-state index is 0.0114. The first-order chi connectivity index (χ1) is 6.79. The van der Waals surface area contributed by atoms with Gasteiger partial charge in [-0.1, -0.05) is 11.6 Å². The topological polar surface area (TPSA) is 75.4 Å². The fourth-order valence-electron chi connectivity index (χ4n) is 1.74. The van der Waals surface area contributed by atoms with E-state index in [0.29, 0.717) is 5.76 Å². The largest absolute Gasteiger partial charge is 0.478 e. The number of carboxylic acids is 1. The van der Waals surface area contributed by atoms with Gasteiger partial charge in [0.25, 0.3) is 0 Å². The summed E-state index contributed by atoms with van der Waals surface area (Å²) < 4.78 is 4.97. The van der Waals surface area contributed by atoms with Crippen LogP contribution in [-0.4, -0.2) is 22.8 Å². The first kappa shape index (κ1) is 9.21. The molecule has 5 nitrogen and oxygen atoms in total. The van der Waals surface area contributed by atoms with Crippen molar-refractivity contribution < 1.29 is 14.4 Å². The second-order valence-corrected chi connectivity index (χ2v) is 3.41. The van der Waals surface area contributed by atoms with Gasteiger partial charge in [0.05, 0.1) is 12.2 Å². The molecule has 0 saturated carbocycles. The maximum Gasteiger partial charge on any atom is 0.341 e. The summed E-state index contributed by atoms with van der Waals surface area (Å²) in [6, 6.07) is 0.0114. The lowest BCUT2D eigenvalue weighted by Crippen LogP contribution is -2.27. The number of carbonyl (C=O) groups is 1. The van der Waals surface area contributed by atoms with Gasteiger partial charge in [0, 0.05) is 0 Å². The van der Waals surface area contributed by atoms with Crippen LogP contribution in [-0.2, 0) is 0 Å². The Labute approximate surface area is 81.1 Å². The lowest BCUT2D eigenvalue weighted by atomic mass is 10.0. The predicted molar refractivity (Wildman–Crippen MR) is 48.1 cm³/mol. The average molecular weight is 196 g/mol. The maximum atomic E-state index is 10.8. The molecule has 0 bridgehead atoms. The van der Waals surface area contributed by atoms with Crippen LogP contribution in [0.5, 0.6) is 0 Å². The smallest absolute Gasteiger partial charge is 0.341 e.